The molecular weight excluding hydrogens is 294 g/mol. The Bertz CT molecular complexity index is 819. The number of aromatic amines is 1. The van der Waals surface area contributed by atoms with Gasteiger partial charge in [-0.2, -0.15) is 5.10 Å². The van der Waals surface area contributed by atoms with Crippen molar-refractivity contribution >= 4 is 27.4 Å². The molecule has 0 aromatic carbocycles. The Labute approximate surface area is 133 Å². The monoisotopic (exact) mass is 313 g/mol. The van der Waals surface area contributed by atoms with Crippen molar-refractivity contribution in [2.24, 2.45) is 0 Å². The molecule has 3 heterocycles. The van der Waals surface area contributed by atoms with Gasteiger partial charge in [-0.3, -0.25) is 5.10 Å². The van der Waals surface area contributed by atoms with Gasteiger partial charge in [0.15, 0.2) is 0 Å². The van der Waals surface area contributed by atoms with Crippen LogP contribution in [-0.2, 0) is 19.3 Å². The lowest BCUT2D eigenvalue weighted by molar-refractivity contribution is 0.761. The van der Waals surface area contributed by atoms with Crippen LogP contribution in [0, 0.1) is 6.92 Å². The standard InChI is InChI=1S/C16H19N5S/c1-9(6-11-7-10(2)20-21-11)19-15-14-12-4-3-5-13(12)22-16(14)18-8-17-15/h7-9H,3-6H2,1-2H3,(H,20,21)(H,17,18,19). The zero-order valence-electron chi connectivity index (χ0n) is 12.8. The van der Waals surface area contributed by atoms with Crippen LogP contribution in [0.2, 0.25) is 0 Å². The first kappa shape index (κ1) is 13.7. The summed E-state index contributed by atoms with van der Waals surface area (Å²) < 4.78 is 0. The van der Waals surface area contributed by atoms with Crippen molar-refractivity contribution in [3.63, 3.8) is 0 Å². The van der Waals surface area contributed by atoms with E-state index in [-0.39, 0.29) is 6.04 Å². The molecule has 0 bridgehead atoms. The lowest BCUT2D eigenvalue weighted by Crippen LogP contribution is -2.19. The molecule has 1 atom stereocenters. The normalized spacial score (nSPS) is 15.2. The molecule has 1 aliphatic rings. The fraction of sp³-hybridized carbons (Fsp3) is 0.438. The average Bonchev–Trinajstić information content (AvgIpc) is 3.14. The van der Waals surface area contributed by atoms with Crippen LogP contribution in [0.1, 0.15) is 35.2 Å². The summed E-state index contributed by atoms with van der Waals surface area (Å²) in [7, 11) is 0. The van der Waals surface area contributed by atoms with Crippen molar-refractivity contribution in [3.05, 3.63) is 34.2 Å². The Morgan fingerprint density at radius 2 is 2.27 bits per heavy atom. The number of aromatic nitrogens is 4. The Kier molecular flexibility index (Phi) is 3.33. The number of thiophene rings is 1. The molecule has 0 fully saturated rings. The van der Waals surface area contributed by atoms with Gasteiger partial charge in [0.05, 0.1) is 11.1 Å². The molecule has 22 heavy (non-hydrogen) atoms. The van der Waals surface area contributed by atoms with Crippen molar-refractivity contribution in [1.82, 2.24) is 20.2 Å². The second kappa shape index (κ2) is 5.35. The third kappa shape index (κ3) is 2.37. The van der Waals surface area contributed by atoms with E-state index in [9.17, 15) is 0 Å². The van der Waals surface area contributed by atoms with Crippen LogP contribution in [0.3, 0.4) is 0 Å². The van der Waals surface area contributed by atoms with Gasteiger partial charge in [-0.25, -0.2) is 9.97 Å². The summed E-state index contributed by atoms with van der Waals surface area (Å²) >= 11 is 1.83. The van der Waals surface area contributed by atoms with E-state index in [4.69, 9.17) is 0 Å². The molecule has 4 rings (SSSR count). The predicted octanol–water partition coefficient (Wildman–Crippen LogP) is 3.25. The Morgan fingerprint density at radius 1 is 1.36 bits per heavy atom. The molecule has 1 unspecified atom stereocenters. The number of rotatable bonds is 4. The summed E-state index contributed by atoms with van der Waals surface area (Å²) in [6.45, 7) is 4.20. The largest absolute Gasteiger partial charge is 0.367 e. The van der Waals surface area contributed by atoms with E-state index in [0.717, 1.165) is 34.9 Å². The summed E-state index contributed by atoms with van der Waals surface area (Å²) in [5.41, 5.74) is 3.64. The zero-order chi connectivity index (χ0) is 15.1. The van der Waals surface area contributed by atoms with Crippen LogP contribution in [0.4, 0.5) is 5.82 Å². The van der Waals surface area contributed by atoms with Gasteiger partial charge >= 0.3 is 0 Å². The molecule has 3 aromatic rings. The lowest BCUT2D eigenvalue weighted by Gasteiger charge is -2.14. The Balaban J connectivity index is 1.61. The molecule has 0 radical (unpaired) electrons. The Hall–Kier alpha value is -1.95. The van der Waals surface area contributed by atoms with E-state index in [0.29, 0.717) is 0 Å². The molecule has 114 valence electrons. The van der Waals surface area contributed by atoms with Gasteiger partial charge < -0.3 is 5.32 Å². The fourth-order valence-electron chi connectivity index (χ4n) is 3.22. The smallest absolute Gasteiger partial charge is 0.138 e. The molecule has 1 aliphatic carbocycles. The number of anilines is 1. The number of hydrogen-bond donors (Lipinski definition) is 2. The fourth-order valence-corrected chi connectivity index (χ4v) is 4.44. The minimum atomic E-state index is 0.276. The molecule has 6 heteroatoms. The van der Waals surface area contributed by atoms with Crippen LogP contribution in [0.5, 0.6) is 0 Å². The number of aryl methyl sites for hydroxylation is 3. The van der Waals surface area contributed by atoms with Gasteiger partial charge in [0, 0.05) is 23.0 Å². The lowest BCUT2D eigenvalue weighted by atomic mass is 10.1. The third-order valence-corrected chi connectivity index (χ3v) is 5.36. The van der Waals surface area contributed by atoms with Gasteiger partial charge in [0.2, 0.25) is 0 Å². The summed E-state index contributed by atoms with van der Waals surface area (Å²) in [6, 6.07) is 2.37. The van der Waals surface area contributed by atoms with Gasteiger partial charge in [-0.1, -0.05) is 0 Å². The summed E-state index contributed by atoms with van der Waals surface area (Å²) in [6.07, 6.45) is 6.15. The number of H-pyrrole nitrogens is 1. The summed E-state index contributed by atoms with van der Waals surface area (Å²) in [4.78, 5) is 11.6. The average molecular weight is 313 g/mol. The van der Waals surface area contributed by atoms with Crippen molar-refractivity contribution in [2.45, 2.75) is 45.6 Å². The Morgan fingerprint density at radius 3 is 3.09 bits per heavy atom. The maximum atomic E-state index is 4.50. The molecular formula is C16H19N5S. The van der Waals surface area contributed by atoms with Crippen LogP contribution < -0.4 is 5.32 Å². The van der Waals surface area contributed by atoms with Gasteiger partial charge in [0.1, 0.15) is 17.0 Å². The van der Waals surface area contributed by atoms with Crippen molar-refractivity contribution in [2.75, 3.05) is 5.32 Å². The molecule has 0 saturated heterocycles. The van der Waals surface area contributed by atoms with Gasteiger partial charge in [-0.05, 0) is 44.7 Å². The maximum Gasteiger partial charge on any atom is 0.138 e. The highest BCUT2D eigenvalue weighted by Gasteiger charge is 2.21. The first-order valence-corrected chi connectivity index (χ1v) is 8.55. The van der Waals surface area contributed by atoms with E-state index in [1.54, 1.807) is 6.33 Å². The van der Waals surface area contributed by atoms with E-state index in [1.165, 1.54) is 28.7 Å². The quantitative estimate of drug-likeness (QED) is 0.776. The number of nitrogens with zero attached hydrogens (tertiary/aromatic N) is 3. The van der Waals surface area contributed by atoms with Crippen molar-refractivity contribution in [3.8, 4) is 0 Å². The minimum Gasteiger partial charge on any atom is -0.367 e. The highest BCUT2D eigenvalue weighted by atomic mass is 32.1. The number of fused-ring (bicyclic) bond motifs is 3. The molecule has 2 N–H and O–H groups in total. The summed E-state index contributed by atoms with van der Waals surface area (Å²) in [5, 5.41) is 12.1. The van der Waals surface area contributed by atoms with E-state index in [2.05, 4.69) is 38.5 Å². The molecule has 0 amide bonds. The van der Waals surface area contributed by atoms with Crippen molar-refractivity contribution in [1.29, 1.82) is 0 Å². The number of nitrogens with one attached hydrogen (secondary N) is 2. The first-order valence-electron chi connectivity index (χ1n) is 7.73. The summed E-state index contributed by atoms with van der Waals surface area (Å²) in [5.74, 6) is 0.976. The van der Waals surface area contributed by atoms with Gasteiger partial charge in [0.25, 0.3) is 0 Å². The van der Waals surface area contributed by atoms with E-state index < -0.39 is 0 Å². The topological polar surface area (TPSA) is 66.5 Å². The number of hydrogen-bond acceptors (Lipinski definition) is 5. The van der Waals surface area contributed by atoms with Gasteiger partial charge in [-0.15, -0.1) is 11.3 Å². The third-order valence-electron chi connectivity index (χ3n) is 4.16. The highest BCUT2D eigenvalue weighted by molar-refractivity contribution is 7.19. The minimum absolute atomic E-state index is 0.276. The van der Waals surface area contributed by atoms with Crippen LogP contribution >= 0.6 is 11.3 Å². The maximum absolute atomic E-state index is 4.50. The SMILES string of the molecule is Cc1cc(CC(C)Nc2ncnc3sc4c(c23)CCC4)n[nH]1. The van der Waals surface area contributed by atoms with Crippen LogP contribution in [-0.4, -0.2) is 26.2 Å². The van der Waals surface area contributed by atoms with E-state index >= 15 is 0 Å². The molecule has 0 spiro atoms. The van der Waals surface area contributed by atoms with Crippen LogP contribution in [0.25, 0.3) is 10.2 Å². The zero-order valence-corrected chi connectivity index (χ0v) is 13.6. The molecule has 0 saturated carbocycles. The van der Waals surface area contributed by atoms with Crippen LogP contribution in [0.15, 0.2) is 12.4 Å². The second-order valence-corrected chi connectivity index (χ2v) is 7.14. The second-order valence-electron chi connectivity index (χ2n) is 6.05. The first-order chi connectivity index (χ1) is 10.7. The molecule has 0 aliphatic heterocycles. The predicted molar refractivity (Wildman–Crippen MR) is 89.6 cm³/mol. The molecule has 3 aromatic heterocycles. The molecule has 5 nitrogen and oxygen atoms in total. The van der Waals surface area contributed by atoms with Crippen molar-refractivity contribution < 1.29 is 0 Å². The van der Waals surface area contributed by atoms with E-state index in [1.807, 2.05) is 18.3 Å². The highest BCUT2D eigenvalue weighted by Crippen LogP contribution is 2.39.